The lowest BCUT2D eigenvalue weighted by molar-refractivity contribution is 0.806. The van der Waals surface area contributed by atoms with E-state index in [1.165, 1.54) is 28.8 Å². The van der Waals surface area contributed by atoms with E-state index in [1.54, 1.807) is 0 Å². The predicted octanol–water partition coefficient (Wildman–Crippen LogP) is 2.97. The first kappa shape index (κ1) is 12.2. The third-order valence-corrected chi connectivity index (χ3v) is 3.73. The summed E-state index contributed by atoms with van der Waals surface area (Å²) in [5, 5.41) is 3.21. The minimum atomic E-state index is 0.935. The maximum Gasteiger partial charge on any atom is 0.0429 e. The molecule has 0 atom stereocenters. The maximum absolute atomic E-state index is 3.21. The van der Waals surface area contributed by atoms with Crippen molar-refractivity contribution in [2.45, 2.75) is 19.5 Å². The first-order valence-corrected chi connectivity index (χ1v) is 6.92. The fourth-order valence-electron chi connectivity index (χ4n) is 2.83. The Morgan fingerprint density at radius 3 is 2.79 bits per heavy atom. The molecule has 1 aliphatic heterocycles. The summed E-state index contributed by atoms with van der Waals surface area (Å²) in [6, 6.07) is 17.6. The van der Waals surface area contributed by atoms with Crippen LogP contribution in [-0.2, 0) is 19.5 Å². The minimum Gasteiger partial charge on any atom is -0.367 e. The normalized spacial score (nSPS) is 13.6. The van der Waals surface area contributed by atoms with Crippen molar-refractivity contribution < 1.29 is 0 Å². The van der Waals surface area contributed by atoms with E-state index in [2.05, 4.69) is 58.7 Å². The van der Waals surface area contributed by atoms with E-state index in [0.717, 1.165) is 19.6 Å². The van der Waals surface area contributed by atoms with Crippen LogP contribution in [0.4, 0.5) is 5.69 Å². The molecule has 2 aromatic carbocycles. The van der Waals surface area contributed by atoms with Crippen molar-refractivity contribution >= 4 is 5.69 Å². The molecule has 3 rings (SSSR count). The van der Waals surface area contributed by atoms with Gasteiger partial charge in [-0.05, 0) is 36.2 Å². The molecule has 0 saturated carbocycles. The molecule has 1 heterocycles. The van der Waals surface area contributed by atoms with Gasteiger partial charge in [0.05, 0.1) is 0 Å². The zero-order chi connectivity index (χ0) is 13.1. The van der Waals surface area contributed by atoms with Gasteiger partial charge < -0.3 is 10.2 Å². The number of nitrogens with zero attached hydrogens (tertiary/aromatic N) is 1. The Balaban J connectivity index is 1.77. The van der Waals surface area contributed by atoms with E-state index >= 15 is 0 Å². The highest BCUT2D eigenvalue weighted by Crippen LogP contribution is 2.28. The Hall–Kier alpha value is -1.80. The second kappa shape index (κ2) is 5.45. The highest BCUT2D eigenvalue weighted by molar-refractivity contribution is 5.58. The first-order valence-electron chi connectivity index (χ1n) is 6.92. The molecule has 0 unspecified atom stereocenters. The van der Waals surface area contributed by atoms with Gasteiger partial charge in [0.1, 0.15) is 0 Å². The Kier molecular flexibility index (Phi) is 3.51. The summed E-state index contributed by atoms with van der Waals surface area (Å²) < 4.78 is 0. The quantitative estimate of drug-likeness (QED) is 0.900. The van der Waals surface area contributed by atoms with Crippen LogP contribution in [0.2, 0.25) is 0 Å². The number of hydrogen-bond donors (Lipinski definition) is 1. The van der Waals surface area contributed by atoms with Gasteiger partial charge in [0, 0.05) is 25.3 Å². The summed E-state index contributed by atoms with van der Waals surface area (Å²) in [5.41, 5.74) is 5.63. The Morgan fingerprint density at radius 2 is 1.89 bits per heavy atom. The van der Waals surface area contributed by atoms with Gasteiger partial charge >= 0.3 is 0 Å². The topological polar surface area (TPSA) is 15.3 Å². The van der Waals surface area contributed by atoms with Gasteiger partial charge in [-0.3, -0.25) is 0 Å². The van der Waals surface area contributed by atoms with Crippen LogP contribution in [0, 0.1) is 0 Å². The van der Waals surface area contributed by atoms with Gasteiger partial charge in [0.25, 0.3) is 0 Å². The second-order valence-electron chi connectivity index (χ2n) is 5.15. The SMILES string of the molecule is CNCc1cccc(CN2CCc3ccccc32)c1. The fraction of sp³-hybridized carbons (Fsp3) is 0.294. The third-order valence-electron chi connectivity index (χ3n) is 3.73. The molecule has 0 aliphatic carbocycles. The summed E-state index contributed by atoms with van der Waals surface area (Å²) in [7, 11) is 1.99. The molecular formula is C17H20N2. The summed E-state index contributed by atoms with van der Waals surface area (Å²) >= 11 is 0. The smallest absolute Gasteiger partial charge is 0.0429 e. The van der Waals surface area contributed by atoms with E-state index in [0.29, 0.717) is 0 Å². The molecule has 0 saturated heterocycles. The van der Waals surface area contributed by atoms with Crippen LogP contribution >= 0.6 is 0 Å². The van der Waals surface area contributed by atoms with Crippen LogP contribution in [0.5, 0.6) is 0 Å². The van der Waals surface area contributed by atoms with Crippen molar-refractivity contribution in [2.24, 2.45) is 0 Å². The van der Waals surface area contributed by atoms with Crippen LogP contribution in [0.3, 0.4) is 0 Å². The highest BCUT2D eigenvalue weighted by atomic mass is 15.1. The van der Waals surface area contributed by atoms with Crippen molar-refractivity contribution in [3.8, 4) is 0 Å². The number of fused-ring (bicyclic) bond motifs is 1. The molecule has 0 bridgehead atoms. The lowest BCUT2D eigenvalue weighted by Crippen LogP contribution is -2.19. The van der Waals surface area contributed by atoms with Crippen molar-refractivity contribution in [1.82, 2.24) is 5.32 Å². The van der Waals surface area contributed by atoms with Crippen molar-refractivity contribution in [3.05, 3.63) is 65.2 Å². The number of para-hydroxylation sites is 1. The summed E-state index contributed by atoms with van der Waals surface area (Å²) in [4.78, 5) is 2.48. The molecule has 0 fully saturated rings. The molecule has 98 valence electrons. The average molecular weight is 252 g/mol. The Bertz CT molecular complexity index is 563. The molecule has 2 nitrogen and oxygen atoms in total. The molecule has 0 radical (unpaired) electrons. The monoisotopic (exact) mass is 252 g/mol. The highest BCUT2D eigenvalue weighted by Gasteiger charge is 2.18. The fourth-order valence-corrected chi connectivity index (χ4v) is 2.83. The van der Waals surface area contributed by atoms with Gasteiger partial charge in [-0.2, -0.15) is 0 Å². The maximum atomic E-state index is 3.21. The molecule has 0 spiro atoms. The predicted molar refractivity (Wildman–Crippen MR) is 80.4 cm³/mol. The van der Waals surface area contributed by atoms with E-state index in [9.17, 15) is 0 Å². The average Bonchev–Trinajstić information content (AvgIpc) is 2.83. The van der Waals surface area contributed by atoms with Crippen LogP contribution < -0.4 is 10.2 Å². The molecule has 2 aromatic rings. The van der Waals surface area contributed by atoms with Gasteiger partial charge in [0.15, 0.2) is 0 Å². The zero-order valence-electron chi connectivity index (χ0n) is 11.4. The van der Waals surface area contributed by atoms with Gasteiger partial charge in [-0.25, -0.2) is 0 Å². The summed E-state index contributed by atoms with van der Waals surface area (Å²) in [5.74, 6) is 0. The number of hydrogen-bond acceptors (Lipinski definition) is 2. The largest absolute Gasteiger partial charge is 0.367 e. The summed E-state index contributed by atoms with van der Waals surface area (Å²) in [6.07, 6.45) is 1.17. The van der Waals surface area contributed by atoms with Crippen molar-refractivity contribution in [1.29, 1.82) is 0 Å². The van der Waals surface area contributed by atoms with E-state index in [-0.39, 0.29) is 0 Å². The Morgan fingerprint density at radius 1 is 1.05 bits per heavy atom. The van der Waals surface area contributed by atoms with Crippen LogP contribution in [0.15, 0.2) is 48.5 Å². The van der Waals surface area contributed by atoms with E-state index < -0.39 is 0 Å². The molecule has 0 aromatic heterocycles. The molecule has 2 heteroatoms. The molecule has 0 amide bonds. The second-order valence-corrected chi connectivity index (χ2v) is 5.15. The standard InChI is InChI=1S/C17H20N2/c1-18-12-14-5-4-6-15(11-14)13-19-10-9-16-7-2-3-8-17(16)19/h2-8,11,18H,9-10,12-13H2,1H3. The zero-order valence-corrected chi connectivity index (χ0v) is 11.4. The summed E-state index contributed by atoms with van der Waals surface area (Å²) in [6.45, 7) is 3.08. The Labute approximate surface area is 115 Å². The van der Waals surface area contributed by atoms with Crippen molar-refractivity contribution in [3.63, 3.8) is 0 Å². The van der Waals surface area contributed by atoms with E-state index in [4.69, 9.17) is 0 Å². The minimum absolute atomic E-state index is 0.935. The lowest BCUT2D eigenvalue weighted by Gasteiger charge is -2.19. The van der Waals surface area contributed by atoms with Gasteiger partial charge in [-0.15, -0.1) is 0 Å². The number of nitrogens with one attached hydrogen (secondary N) is 1. The number of benzene rings is 2. The third kappa shape index (κ3) is 2.64. The van der Waals surface area contributed by atoms with Crippen LogP contribution in [0.1, 0.15) is 16.7 Å². The number of rotatable bonds is 4. The van der Waals surface area contributed by atoms with E-state index in [1.807, 2.05) is 7.05 Å². The van der Waals surface area contributed by atoms with Crippen molar-refractivity contribution in [2.75, 3.05) is 18.5 Å². The number of anilines is 1. The molecular weight excluding hydrogens is 232 g/mol. The van der Waals surface area contributed by atoms with Gasteiger partial charge in [-0.1, -0.05) is 42.5 Å². The lowest BCUT2D eigenvalue weighted by atomic mass is 10.1. The molecule has 1 aliphatic rings. The molecule has 19 heavy (non-hydrogen) atoms. The van der Waals surface area contributed by atoms with Crippen LogP contribution in [-0.4, -0.2) is 13.6 Å². The van der Waals surface area contributed by atoms with Crippen LogP contribution in [0.25, 0.3) is 0 Å². The van der Waals surface area contributed by atoms with Gasteiger partial charge in [0.2, 0.25) is 0 Å². The first-order chi connectivity index (χ1) is 9.36. The molecule has 1 N–H and O–H groups in total.